The summed E-state index contributed by atoms with van der Waals surface area (Å²) in [7, 11) is 0. The Morgan fingerprint density at radius 3 is 2.42 bits per heavy atom. The molecule has 1 rings (SSSR count). The van der Waals surface area contributed by atoms with Crippen molar-refractivity contribution in [1.82, 2.24) is 10.0 Å². The molecule has 4 heteroatoms. The van der Waals surface area contributed by atoms with Crippen LogP contribution in [0.15, 0.2) is 0 Å². The van der Waals surface area contributed by atoms with E-state index in [0.717, 1.165) is 19.6 Å². The summed E-state index contributed by atoms with van der Waals surface area (Å²) in [5.41, 5.74) is 5.59. The highest BCUT2D eigenvalue weighted by molar-refractivity contribution is 7.80. The minimum atomic E-state index is 0.499. The SMILES string of the molecule is CCN(C(N)=S)N1CCCCC1. The van der Waals surface area contributed by atoms with E-state index in [1.807, 2.05) is 5.01 Å². The Balaban J connectivity index is 2.46. The molecular weight excluding hydrogens is 170 g/mol. The first kappa shape index (κ1) is 9.74. The van der Waals surface area contributed by atoms with E-state index in [-0.39, 0.29) is 0 Å². The van der Waals surface area contributed by atoms with E-state index in [4.69, 9.17) is 18.0 Å². The number of nitrogens with zero attached hydrogens (tertiary/aromatic N) is 2. The molecule has 0 aromatic rings. The van der Waals surface area contributed by atoms with Gasteiger partial charge in [-0.15, -0.1) is 0 Å². The molecule has 1 aliphatic rings. The van der Waals surface area contributed by atoms with Crippen molar-refractivity contribution in [2.75, 3.05) is 19.6 Å². The molecule has 0 radical (unpaired) electrons. The molecule has 1 heterocycles. The standard InChI is InChI=1S/C8H17N3S/c1-2-11(8(9)12)10-6-4-3-5-7-10/h2-7H2,1H3,(H2,9,12). The number of rotatable bonds is 2. The molecule has 0 saturated carbocycles. The van der Waals surface area contributed by atoms with Gasteiger partial charge < -0.3 is 5.73 Å². The summed E-state index contributed by atoms with van der Waals surface area (Å²) in [6.07, 6.45) is 3.86. The summed E-state index contributed by atoms with van der Waals surface area (Å²) in [6.45, 7) is 5.17. The van der Waals surface area contributed by atoms with Gasteiger partial charge in [-0.1, -0.05) is 6.42 Å². The molecule has 0 amide bonds. The van der Waals surface area contributed by atoms with Crippen LogP contribution in [0.4, 0.5) is 0 Å². The lowest BCUT2D eigenvalue weighted by molar-refractivity contribution is 0.0310. The van der Waals surface area contributed by atoms with Gasteiger partial charge in [-0.25, -0.2) is 5.01 Å². The fourth-order valence-corrected chi connectivity index (χ4v) is 1.86. The lowest BCUT2D eigenvalue weighted by Crippen LogP contribution is -2.50. The summed E-state index contributed by atoms with van der Waals surface area (Å²) in [5.74, 6) is 0. The van der Waals surface area contributed by atoms with Crippen LogP contribution in [-0.4, -0.2) is 34.8 Å². The molecule has 3 nitrogen and oxygen atoms in total. The minimum absolute atomic E-state index is 0.499. The predicted octanol–water partition coefficient (Wildman–Crippen LogP) is 0.953. The third-order valence-electron chi connectivity index (χ3n) is 2.23. The van der Waals surface area contributed by atoms with Crippen LogP contribution in [0.2, 0.25) is 0 Å². The second kappa shape index (κ2) is 4.62. The molecule has 0 aromatic heterocycles. The zero-order valence-corrected chi connectivity index (χ0v) is 8.44. The van der Waals surface area contributed by atoms with Crippen molar-refractivity contribution in [1.29, 1.82) is 0 Å². The van der Waals surface area contributed by atoms with Crippen LogP contribution in [0.1, 0.15) is 26.2 Å². The predicted molar refractivity (Wildman–Crippen MR) is 54.6 cm³/mol. The molecule has 0 atom stereocenters. The van der Waals surface area contributed by atoms with Gasteiger partial charge in [0.1, 0.15) is 0 Å². The van der Waals surface area contributed by atoms with Gasteiger partial charge in [-0.05, 0) is 32.0 Å². The Bertz CT molecular complexity index is 154. The maximum Gasteiger partial charge on any atom is 0.181 e. The number of thiocarbonyl (C=S) groups is 1. The van der Waals surface area contributed by atoms with Gasteiger partial charge >= 0.3 is 0 Å². The molecule has 1 aliphatic heterocycles. The van der Waals surface area contributed by atoms with E-state index in [9.17, 15) is 0 Å². The molecule has 0 bridgehead atoms. The Kier molecular flexibility index (Phi) is 3.75. The molecule has 70 valence electrons. The van der Waals surface area contributed by atoms with Gasteiger partial charge in [-0.3, -0.25) is 5.01 Å². The number of hydrogen-bond acceptors (Lipinski definition) is 2. The Morgan fingerprint density at radius 2 is 2.00 bits per heavy atom. The van der Waals surface area contributed by atoms with Gasteiger partial charge in [0.25, 0.3) is 0 Å². The van der Waals surface area contributed by atoms with Crippen LogP contribution in [0, 0.1) is 0 Å². The normalized spacial score (nSPS) is 19.1. The summed E-state index contributed by atoms with van der Waals surface area (Å²) < 4.78 is 0. The Morgan fingerprint density at radius 1 is 1.42 bits per heavy atom. The topological polar surface area (TPSA) is 32.5 Å². The largest absolute Gasteiger partial charge is 0.375 e. The van der Waals surface area contributed by atoms with Crippen molar-refractivity contribution < 1.29 is 0 Å². The second-order valence-corrected chi connectivity index (χ2v) is 3.49. The van der Waals surface area contributed by atoms with Gasteiger partial charge in [0.2, 0.25) is 0 Å². The maximum atomic E-state index is 5.59. The Hall–Kier alpha value is -0.350. The van der Waals surface area contributed by atoms with E-state index in [2.05, 4.69) is 11.9 Å². The number of piperidine rings is 1. The molecule has 1 saturated heterocycles. The van der Waals surface area contributed by atoms with Gasteiger partial charge in [0.05, 0.1) is 0 Å². The number of hydrazine groups is 1. The number of hydrogen-bond donors (Lipinski definition) is 1. The highest BCUT2D eigenvalue weighted by Crippen LogP contribution is 2.10. The van der Waals surface area contributed by atoms with Crippen molar-refractivity contribution in [3.63, 3.8) is 0 Å². The highest BCUT2D eigenvalue weighted by Gasteiger charge is 2.16. The fraction of sp³-hybridized carbons (Fsp3) is 0.875. The second-order valence-electron chi connectivity index (χ2n) is 3.07. The van der Waals surface area contributed by atoms with Crippen molar-refractivity contribution in [2.24, 2.45) is 5.73 Å². The highest BCUT2D eigenvalue weighted by atomic mass is 32.1. The Labute approximate surface area is 79.5 Å². The molecule has 0 aliphatic carbocycles. The summed E-state index contributed by atoms with van der Waals surface area (Å²) in [4.78, 5) is 0. The van der Waals surface area contributed by atoms with E-state index in [0.29, 0.717) is 5.11 Å². The summed E-state index contributed by atoms with van der Waals surface area (Å²) in [5, 5.41) is 4.75. The zero-order valence-electron chi connectivity index (χ0n) is 7.62. The third-order valence-corrected chi connectivity index (χ3v) is 2.44. The molecule has 0 aromatic carbocycles. The zero-order chi connectivity index (χ0) is 8.97. The lowest BCUT2D eigenvalue weighted by Gasteiger charge is -2.36. The lowest BCUT2D eigenvalue weighted by atomic mass is 10.2. The molecule has 0 unspecified atom stereocenters. The summed E-state index contributed by atoms with van der Waals surface area (Å²) >= 11 is 4.96. The van der Waals surface area contributed by atoms with Crippen molar-refractivity contribution in [3.8, 4) is 0 Å². The molecule has 1 fully saturated rings. The van der Waals surface area contributed by atoms with Crippen LogP contribution in [0.25, 0.3) is 0 Å². The van der Waals surface area contributed by atoms with E-state index in [1.54, 1.807) is 0 Å². The molecule has 12 heavy (non-hydrogen) atoms. The maximum absolute atomic E-state index is 5.59. The minimum Gasteiger partial charge on any atom is -0.375 e. The van der Waals surface area contributed by atoms with Crippen LogP contribution >= 0.6 is 12.2 Å². The van der Waals surface area contributed by atoms with Crippen molar-refractivity contribution in [3.05, 3.63) is 0 Å². The molecule has 2 N–H and O–H groups in total. The molecule has 0 spiro atoms. The van der Waals surface area contributed by atoms with E-state index < -0.39 is 0 Å². The average Bonchev–Trinajstić information content (AvgIpc) is 2.07. The van der Waals surface area contributed by atoms with E-state index >= 15 is 0 Å². The molecular formula is C8H17N3S. The average molecular weight is 187 g/mol. The van der Waals surface area contributed by atoms with Crippen molar-refractivity contribution >= 4 is 17.3 Å². The first-order chi connectivity index (χ1) is 5.75. The van der Waals surface area contributed by atoms with Gasteiger partial charge in [0, 0.05) is 19.6 Å². The quantitative estimate of drug-likeness (QED) is 0.653. The van der Waals surface area contributed by atoms with Crippen molar-refractivity contribution in [2.45, 2.75) is 26.2 Å². The van der Waals surface area contributed by atoms with Gasteiger partial charge in [0.15, 0.2) is 5.11 Å². The van der Waals surface area contributed by atoms with Crippen LogP contribution in [0.5, 0.6) is 0 Å². The van der Waals surface area contributed by atoms with E-state index in [1.165, 1.54) is 19.3 Å². The van der Waals surface area contributed by atoms with Crippen LogP contribution < -0.4 is 5.73 Å². The van der Waals surface area contributed by atoms with Crippen LogP contribution in [0.3, 0.4) is 0 Å². The monoisotopic (exact) mass is 187 g/mol. The van der Waals surface area contributed by atoms with Crippen LogP contribution in [-0.2, 0) is 0 Å². The smallest absolute Gasteiger partial charge is 0.181 e. The fourth-order valence-electron chi connectivity index (χ4n) is 1.61. The third kappa shape index (κ3) is 2.32. The first-order valence-corrected chi connectivity index (χ1v) is 4.98. The summed E-state index contributed by atoms with van der Waals surface area (Å²) in [6, 6.07) is 0. The van der Waals surface area contributed by atoms with Gasteiger partial charge in [-0.2, -0.15) is 0 Å². The first-order valence-electron chi connectivity index (χ1n) is 4.57. The number of nitrogens with two attached hydrogens (primary N) is 1.